The van der Waals surface area contributed by atoms with Gasteiger partial charge < -0.3 is 15.4 Å². The number of carbonyl (C=O) groups is 1. The lowest BCUT2D eigenvalue weighted by atomic mass is 10.1. The number of methoxy groups -OCH3 is 1. The summed E-state index contributed by atoms with van der Waals surface area (Å²) in [7, 11) is -1.80. The number of nitrogens with zero attached hydrogens (tertiary/aromatic N) is 1. The second kappa shape index (κ2) is 7.05. The number of anilines is 3. The molecule has 2 N–H and O–H groups in total. The van der Waals surface area contributed by atoms with Crippen LogP contribution in [0.25, 0.3) is 0 Å². The predicted octanol–water partition coefficient (Wildman–Crippen LogP) is 3.31. The zero-order chi connectivity index (χ0) is 18.9. The fraction of sp³-hybridized carbons (Fsp3) is 0.235. The maximum atomic E-state index is 12.3. The third-order valence-electron chi connectivity index (χ3n) is 4.00. The molecule has 0 spiro atoms. The highest BCUT2D eigenvalue weighted by Gasteiger charge is 2.26. The lowest BCUT2D eigenvalue weighted by Crippen LogP contribution is -2.27. The lowest BCUT2D eigenvalue weighted by molar-refractivity contribution is 0.262. The highest BCUT2D eigenvalue weighted by molar-refractivity contribution is 7.92. The Labute approximate surface area is 157 Å². The number of hydrogen-bond acceptors (Lipinski definition) is 4. The van der Waals surface area contributed by atoms with Gasteiger partial charge in [0.1, 0.15) is 5.75 Å². The average Bonchev–Trinajstić information content (AvgIpc) is 2.98. The van der Waals surface area contributed by atoms with Crippen molar-refractivity contribution < 1.29 is 17.9 Å². The summed E-state index contributed by atoms with van der Waals surface area (Å²) in [5.74, 6) is 0.488. The third kappa shape index (κ3) is 3.86. The Morgan fingerprint density at radius 1 is 1.19 bits per heavy atom. The lowest BCUT2D eigenvalue weighted by Gasteiger charge is -2.17. The summed E-state index contributed by atoms with van der Waals surface area (Å²) < 4.78 is 30.1. The smallest absolute Gasteiger partial charge is 0.323 e. The summed E-state index contributed by atoms with van der Waals surface area (Å²) in [6.07, 6.45) is 1.78. The number of benzene rings is 2. The second-order valence-corrected chi connectivity index (χ2v) is 8.20. The van der Waals surface area contributed by atoms with Crippen molar-refractivity contribution in [1.82, 2.24) is 0 Å². The topological polar surface area (TPSA) is 87.7 Å². The van der Waals surface area contributed by atoms with E-state index in [4.69, 9.17) is 16.3 Å². The minimum atomic E-state index is -3.30. The molecule has 0 aromatic heterocycles. The molecule has 0 fully saturated rings. The Kier molecular flexibility index (Phi) is 4.97. The Balaban J connectivity index is 1.74. The Hall–Kier alpha value is -2.45. The molecule has 2 aromatic rings. The minimum absolute atomic E-state index is 0.406. The molecule has 0 radical (unpaired) electrons. The van der Waals surface area contributed by atoms with E-state index in [1.165, 1.54) is 17.7 Å². The molecule has 0 unspecified atom stereocenters. The zero-order valence-corrected chi connectivity index (χ0v) is 15.8. The predicted molar refractivity (Wildman–Crippen MR) is 103 cm³/mol. The zero-order valence-electron chi connectivity index (χ0n) is 14.2. The highest BCUT2D eigenvalue weighted by atomic mass is 35.5. The molecule has 0 saturated heterocycles. The first-order valence-corrected chi connectivity index (χ1v) is 10.0. The number of carbonyl (C=O) groups excluding carboxylic acids is 1. The van der Waals surface area contributed by atoms with Crippen molar-refractivity contribution in [3.63, 3.8) is 0 Å². The van der Waals surface area contributed by atoms with E-state index in [9.17, 15) is 13.2 Å². The number of ether oxygens (including phenoxy) is 1. The van der Waals surface area contributed by atoms with Gasteiger partial charge in [0.2, 0.25) is 10.0 Å². The summed E-state index contributed by atoms with van der Waals surface area (Å²) in [4.78, 5) is 12.3. The number of halogens is 1. The van der Waals surface area contributed by atoms with Crippen molar-refractivity contribution >= 4 is 44.7 Å². The van der Waals surface area contributed by atoms with Gasteiger partial charge in [-0.05, 0) is 48.4 Å². The molecule has 0 saturated carbocycles. The molecule has 3 rings (SSSR count). The average molecular weight is 396 g/mol. The normalized spacial score (nSPS) is 13.3. The number of fused-ring (bicyclic) bond motifs is 1. The van der Waals surface area contributed by atoms with Crippen LogP contribution in [0.4, 0.5) is 21.9 Å². The molecule has 2 amide bonds. The number of urea groups is 1. The fourth-order valence-corrected chi connectivity index (χ4v) is 3.99. The van der Waals surface area contributed by atoms with Crippen LogP contribution in [0.3, 0.4) is 0 Å². The molecule has 2 aromatic carbocycles. The standard InChI is InChI=1S/C17H18ClN3O4S/c1-25-16-6-3-12(18)10-14(16)20-17(22)19-13-4-5-15-11(9-13)7-8-21(15)26(2,23)24/h3-6,9-10H,7-8H2,1-2H3,(H2,19,20,22). The van der Waals surface area contributed by atoms with Crippen molar-refractivity contribution in [2.75, 3.05) is 34.8 Å². The quantitative estimate of drug-likeness (QED) is 0.831. The van der Waals surface area contributed by atoms with Crippen LogP contribution < -0.4 is 19.7 Å². The van der Waals surface area contributed by atoms with Gasteiger partial charge in [-0.2, -0.15) is 0 Å². The molecule has 26 heavy (non-hydrogen) atoms. The van der Waals surface area contributed by atoms with Crippen LogP contribution in [0.15, 0.2) is 36.4 Å². The van der Waals surface area contributed by atoms with Crippen molar-refractivity contribution in [2.45, 2.75) is 6.42 Å². The van der Waals surface area contributed by atoms with Crippen molar-refractivity contribution in [2.24, 2.45) is 0 Å². The number of amides is 2. The summed E-state index contributed by atoms with van der Waals surface area (Å²) in [5.41, 5.74) is 2.53. The van der Waals surface area contributed by atoms with Crippen LogP contribution in [0, 0.1) is 0 Å². The SMILES string of the molecule is COc1ccc(Cl)cc1NC(=O)Nc1ccc2c(c1)CCN2S(C)(=O)=O. The maximum Gasteiger partial charge on any atom is 0.323 e. The Bertz CT molecular complexity index is 962. The van der Waals surface area contributed by atoms with E-state index in [1.54, 1.807) is 36.4 Å². The molecule has 7 nitrogen and oxygen atoms in total. The minimum Gasteiger partial charge on any atom is -0.495 e. The first-order chi connectivity index (χ1) is 12.3. The van der Waals surface area contributed by atoms with Gasteiger partial charge in [0.15, 0.2) is 0 Å². The number of sulfonamides is 1. The van der Waals surface area contributed by atoms with Crippen molar-refractivity contribution in [3.8, 4) is 5.75 Å². The van der Waals surface area contributed by atoms with E-state index >= 15 is 0 Å². The van der Waals surface area contributed by atoms with Gasteiger partial charge in [-0.3, -0.25) is 4.31 Å². The van der Waals surface area contributed by atoms with E-state index in [0.717, 1.165) is 5.56 Å². The van der Waals surface area contributed by atoms with Gasteiger partial charge in [0.05, 0.1) is 24.7 Å². The van der Waals surface area contributed by atoms with Gasteiger partial charge in [-0.25, -0.2) is 13.2 Å². The molecule has 138 valence electrons. The van der Waals surface area contributed by atoms with E-state index in [1.807, 2.05) is 0 Å². The highest BCUT2D eigenvalue weighted by Crippen LogP contribution is 2.32. The van der Waals surface area contributed by atoms with Gasteiger partial charge in [0, 0.05) is 17.3 Å². The molecule has 9 heteroatoms. The monoisotopic (exact) mass is 395 g/mol. The molecular formula is C17H18ClN3O4S. The fourth-order valence-electron chi connectivity index (χ4n) is 2.86. The largest absolute Gasteiger partial charge is 0.495 e. The number of rotatable bonds is 4. The molecule has 0 atom stereocenters. The van der Waals surface area contributed by atoms with Crippen LogP contribution >= 0.6 is 11.6 Å². The van der Waals surface area contributed by atoms with E-state index in [0.29, 0.717) is 40.8 Å². The molecular weight excluding hydrogens is 378 g/mol. The molecule has 0 aliphatic carbocycles. The van der Waals surface area contributed by atoms with Crippen LogP contribution in [-0.4, -0.2) is 34.4 Å². The van der Waals surface area contributed by atoms with Gasteiger partial charge >= 0.3 is 6.03 Å². The van der Waals surface area contributed by atoms with Crippen LogP contribution in [0.5, 0.6) is 5.75 Å². The van der Waals surface area contributed by atoms with E-state index < -0.39 is 16.1 Å². The van der Waals surface area contributed by atoms with Gasteiger partial charge in [-0.1, -0.05) is 11.6 Å². The molecule has 1 heterocycles. The summed E-state index contributed by atoms with van der Waals surface area (Å²) in [5, 5.41) is 5.89. The van der Waals surface area contributed by atoms with Crippen molar-refractivity contribution in [3.05, 3.63) is 47.0 Å². The number of nitrogens with one attached hydrogen (secondary N) is 2. The van der Waals surface area contributed by atoms with Crippen LogP contribution in [0.2, 0.25) is 5.02 Å². The maximum absolute atomic E-state index is 12.3. The van der Waals surface area contributed by atoms with E-state index in [-0.39, 0.29) is 0 Å². The van der Waals surface area contributed by atoms with Crippen molar-refractivity contribution in [1.29, 1.82) is 0 Å². The summed E-state index contributed by atoms with van der Waals surface area (Å²) in [6, 6.07) is 9.59. The number of hydrogen-bond donors (Lipinski definition) is 2. The van der Waals surface area contributed by atoms with Gasteiger partial charge in [-0.15, -0.1) is 0 Å². The Morgan fingerprint density at radius 3 is 2.65 bits per heavy atom. The first kappa shape index (κ1) is 18.3. The van der Waals surface area contributed by atoms with E-state index in [2.05, 4.69) is 10.6 Å². The molecule has 1 aliphatic rings. The Morgan fingerprint density at radius 2 is 1.96 bits per heavy atom. The second-order valence-electron chi connectivity index (χ2n) is 5.85. The molecule has 1 aliphatic heterocycles. The van der Waals surface area contributed by atoms with Gasteiger partial charge in [0.25, 0.3) is 0 Å². The first-order valence-electron chi connectivity index (χ1n) is 7.80. The molecule has 0 bridgehead atoms. The summed E-state index contributed by atoms with van der Waals surface area (Å²) >= 11 is 5.95. The third-order valence-corrected chi connectivity index (χ3v) is 5.42. The van der Waals surface area contributed by atoms with Crippen LogP contribution in [-0.2, 0) is 16.4 Å². The van der Waals surface area contributed by atoms with Crippen LogP contribution in [0.1, 0.15) is 5.56 Å². The summed E-state index contributed by atoms with van der Waals surface area (Å²) in [6.45, 7) is 0.406.